The fourth-order valence-corrected chi connectivity index (χ4v) is 2.48. The molecule has 2 nitrogen and oxygen atoms in total. The summed E-state index contributed by atoms with van der Waals surface area (Å²) in [6.45, 7) is 0. The van der Waals surface area contributed by atoms with Crippen LogP contribution < -0.4 is 5.73 Å². The summed E-state index contributed by atoms with van der Waals surface area (Å²) in [7, 11) is 0. The Hall–Kier alpha value is -1.00. The summed E-state index contributed by atoms with van der Waals surface area (Å²) in [6.07, 6.45) is 1.78. The van der Waals surface area contributed by atoms with E-state index in [-0.39, 0.29) is 0 Å². The number of nitrogens with two attached hydrogens (primary N) is 1. The quantitative estimate of drug-likeness (QED) is 0.855. The van der Waals surface area contributed by atoms with E-state index < -0.39 is 0 Å². The largest absolute Gasteiger partial charge is 0.399 e. The molecular formula is C11H9BrN2S. The van der Waals surface area contributed by atoms with Gasteiger partial charge < -0.3 is 5.73 Å². The Labute approximate surface area is 101 Å². The van der Waals surface area contributed by atoms with Crippen molar-refractivity contribution in [1.82, 2.24) is 4.98 Å². The third-order valence-corrected chi connectivity index (χ3v) is 3.71. The number of pyridine rings is 1. The van der Waals surface area contributed by atoms with E-state index in [1.165, 1.54) is 0 Å². The van der Waals surface area contributed by atoms with E-state index in [9.17, 15) is 0 Å². The number of anilines is 1. The van der Waals surface area contributed by atoms with Gasteiger partial charge >= 0.3 is 0 Å². The summed E-state index contributed by atoms with van der Waals surface area (Å²) >= 11 is 5.05. The van der Waals surface area contributed by atoms with Crippen LogP contribution in [0.3, 0.4) is 0 Å². The second-order valence-corrected chi connectivity index (χ2v) is 4.88. The Morgan fingerprint density at radius 1 is 1.20 bits per heavy atom. The van der Waals surface area contributed by atoms with Gasteiger partial charge in [0.2, 0.25) is 0 Å². The van der Waals surface area contributed by atoms with Crippen molar-refractivity contribution in [2.24, 2.45) is 0 Å². The average molecular weight is 281 g/mol. The predicted octanol–water partition coefficient (Wildman–Crippen LogP) is 3.58. The molecule has 15 heavy (non-hydrogen) atoms. The Balaban J connectivity index is 2.26. The Bertz CT molecular complexity index is 474. The number of aromatic nitrogens is 1. The molecule has 0 amide bonds. The van der Waals surface area contributed by atoms with Crippen molar-refractivity contribution >= 4 is 33.4 Å². The van der Waals surface area contributed by atoms with Crippen molar-refractivity contribution in [1.29, 1.82) is 0 Å². The molecule has 76 valence electrons. The van der Waals surface area contributed by atoms with Crippen LogP contribution in [-0.4, -0.2) is 4.98 Å². The topological polar surface area (TPSA) is 38.9 Å². The molecule has 0 saturated carbocycles. The van der Waals surface area contributed by atoms with Crippen molar-refractivity contribution < 1.29 is 0 Å². The van der Waals surface area contributed by atoms with Gasteiger partial charge in [0.05, 0.1) is 4.47 Å². The van der Waals surface area contributed by atoms with Gasteiger partial charge in [0.15, 0.2) is 0 Å². The van der Waals surface area contributed by atoms with Crippen LogP contribution >= 0.6 is 27.7 Å². The molecule has 0 aliphatic carbocycles. The number of hydrogen-bond acceptors (Lipinski definition) is 3. The normalized spacial score (nSPS) is 10.2. The lowest BCUT2D eigenvalue weighted by molar-refractivity contribution is 1.11. The van der Waals surface area contributed by atoms with E-state index in [2.05, 4.69) is 20.9 Å². The minimum absolute atomic E-state index is 0.770. The number of hydrogen-bond donors (Lipinski definition) is 1. The van der Waals surface area contributed by atoms with E-state index in [0.29, 0.717) is 0 Å². The summed E-state index contributed by atoms with van der Waals surface area (Å²) in [4.78, 5) is 5.37. The Kier molecular flexibility index (Phi) is 3.28. The summed E-state index contributed by atoms with van der Waals surface area (Å²) in [5, 5.41) is 0.947. The number of nitrogen functional groups attached to an aromatic ring is 1. The number of benzene rings is 1. The highest BCUT2D eigenvalue weighted by Gasteiger charge is 2.02. The third kappa shape index (κ3) is 2.73. The summed E-state index contributed by atoms with van der Waals surface area (Å²) < 4.78 is 0.998. The fraction of sp³-hybridized carbons (Fsp3) is 0. The summed E-state index contributed by atoms with van der Waals surface area (Å²) in [5.41, 5.74) is 6.48. The summed E-state index contributed by atoms with van der Waals surface area (Å²) in [5.74, 6) is 0. The smallest absolute Gasteiger partial charge is 0.115 e. The van der Waals surface area contributed by atoms with Crippen LogP contribution in [0.1, 0.15) is 0 Å². The molecule has 2 N–H and O–H groups in total. The molecule has 2 aromatic rings. The van der Waals surface area contributed by atoms with E-state index in [1.807, 2.05) is 36.4 Å². The van der Waals surface area contributed by atoms with Gasteiger partial charge in [-0.2, -0.15) is 0 Å². The van der Waals surface area contributed by atoms with E-state index in [1.54, 1.807) is 18.0 Å². The maximum Gasteiger partial charge on any atom is 0.115 e. The standard InChI is InChI=1S/C11H9BrN2S/c12-10-5-2-6-14-11(10)15-9-4-1-3-8(13)7-9/h1-7H,13H2. The minimum atomic E-state index is 0.770. The van der Waals surface area contributed by atoms with Gasteiger partial charge in [0, 0.05) is 16.8 Å². The molecule has 0 aliphatic rings. The molecule has 1 aromatic carbocycles. The van der Waals surface area contributed by atoms with Gasteiger partial charge in [-0.1, -0.05) is 17.8 Å². The van der Waals surface area contributed by atoms with Crippen LogP contribution in [0.25, 0.3) is 0 Å². The zero-order valence-corrected chi connectivity index (χ0v) is 10.3. The Morgan fingerprint density at radius 3 is 2.80 bits per heavy atom. The monoisotopic (exact) mass is 280 g/mol. The van der Waals surface area contributed by atoms with Crippen LogP contribution in [0.2, 0.25) is 0 Å². The zero-order valence-electron chi connectivity index (χ0n) is 7.85. The number of halogens is 1. The molecule has 2 rings (SSSR count). The zero-order chi connectivity index (χ0) is 10.7. The lowest BCUT2D eigenvalue weighted by atomic mass is 10.3. The van der Waals surface area contributed by atoms with Crippen LogP contribution in [-0.2, 0) is 0 Å². The van der Waals surface area contributed by atoms with Gasteiger partial charge in [0.25, 0.3) is 0 Å². The second kappa shape index (κ2) is 4.68. The average Bonchev–Trinajstić information content (AvgIpc) is 2.22. The third-order valence-electron chi connectivity index (χ3n) is 1.80. The molecule has 0 saturated heterocycles. The molecule has 0 aliphatic heterocycles. The first kappa shape index (κ1) is 10.5. The van der Waals surface area contributed by atoms with E-state index in [4.69, 9.17) is 5.73 Å². The molecule has 1 aromatic heterocycles. The SMILES string of the molecule is Nc1cccc(Sc2ncccc2Br)c1. The van der Waals surface area contributed by atoms with Crippen molar-refractivity contribution in [3.8, 4) is 0 Å². The summed E-state index contributed by atoms with van der Waals surface area (Å²) in [6, 6.07) is 11.6. The molecule has 1 heterocycles. The lowest BCUT2D eigenvalue weighted by Crippen LogP contribution is -1.85. The van der Waals surface area contributed by atoms with Gasteiger partial charge in [-0.3, -0.25) is 0 Å². The van der Waals surface area contributed by atoms with Gasteiger partial charge in [0.1, 0.15) is 5.03 Å². The fourth-order valence-electron chi connectivity index (χ4n) is 1.14. The highest BCUT2D eigenvalue weighted by Crippen LogP contribution is 2.31. The van der Waals surface area contributed by atoms with Gasteiger partial charge in [-0.05, 0) is 46.3 Å². The molecular weight excluding hydrogens is 272 g/mol. The molecule has 0 radical (unpaired) electrons. The molecule has 4 heteroatoms. The first-order chi connectivity index (χ1) is 7.25. The molecule has 0 atom stereocenters. The number of nitrogens with zero attached hydrogens (tertiary/aromatic N) is 1. The van der Waals surface area contributed by atoms with Crippen molar-refractivity contribution in [3.05, 3.63) is 47.1 Å². The Morgan fingerprint density at radius 2 is 2.07 bits per heavy atom. The van der Waals surface area contributed by atoms with Gasteiger partial charge in [-0.25, -0.2) is 4.98 Å². The van der Waals surface area contributed by atoms with Crippen LogP contribution in [0, 0.1) is 0 Å². The van der Waals surface area contributed by atoms with Crippen LogP contribution in [0.5, 0.6) is 0 Å². The van der Waals surface area contributed by atoms with Crippen LogP contribution in [0.15, 0.2) is 57.0 Å². The predicted molar refractivity (Wildman–Crippen MR) is 66.9 cm³/mol. The maximum absolute atomic E-state index is 5.70. The second-order valence-electron chi connectivity index (χ2n) is 2.96. The molecule has 0 unspecified atom stereocenters. The van der Waals surface area contributed by atoms with Crippen LogP contribution in [0.4, 0.5) is 5.69 Å². The molecule has 0 fully saturated rings. The highest BCUT2D eigenvalue weighted by molar-refractivity contribution is 9.10. The first-order valence-electron chi connectivity index (χ1n) is 4.39. The molecule has 0 bridgehead atoms. The minimum Gasteiger partial charge on any atom is -0.399 e. The highest BCUT2D eigenvalue weighted by atomic mass is 79.9. The van der Waals surface area contributed by atoms with E-state index in [0.717, 1.165) is 20.1 Å². The lowest BCUT2D eigenvalue weighted by Gasteiger charge is -2.03. The van der Waals surface area contributed by atoms with E-state index >= 15 is 0 Å². The first-order valence-corrected chi connectivity index (χ1v) is 6.00. The van der Waals surface area contributed by atoms with Crippen molar-refractivity contribution in [2.75, 3.05) is 5.73 Å². The molecule has 0 spiro atoms. The van der Waals surface area contributed by atoms with Gasteiger partial charge in [-0.15, -0.1) is 0 Å². The number of rotatable bonds is 2. The maximum atomic E-state index is 5.70. The van der Waals surface area contributed by atoms with Crippen molar-refractivity contribution in [3.63, 3.8) is 0 Å². The van der Waals surface area contributed by atoms with Crippen molar-refractivity contribution in [2.45, 2.75) is 9.92 Å².